The Kier molecular flexibility index (Phi) is 3.01. The van der Waals surface area contributed by atoms with Gasteiger partial charge in [0.1, 0.15) is 6.61 Å². The van der Waals surface area contributed by atoms with Crippen LogP contribution in [0.2, 0.25) is 0 Å². The van der Waals surface area contributed by atoms with E-state index in [-0.39, 0.29) is 0 Å². The van der Waals surface area contributed by atoms with Gasteiger partial charge in [-0.15, -0.1) is 11.3 Å². The minimum absolute atomic E-state index is 0.514. The molecule has 0 radical (unpaired) electrons. The summed E-state index contributed by atoms with van der Waals surface area (Å²) in [5.74, 6) is 0.794. The van der Waals surface area contributed by atoms with E-state index in [1.807, 2.05) is 30.1 Å². The third kappa shape index (κ3) is 2.56. The molecule has 5 heteroatoms. The summed E-state index contributed by atoms with van der Waals surface area (Å²) < 4.78 is 7.38. The van der Waals surface area contributed by atoms with E-state index in [9.17, 15) is 0 Å². The molecule has 0 aliphatic heterocycles. The number of thiazole rings is 1. The van der Waals surface area contributed by atoms with Crippen LogP contribution in [0.1, 0.15) is 17.6 Å². The van der Waals surface area contributed by atoms with Crippen molar-refractivity contribution in [2.45, 2.75) is 27.0 Å². The molecule has 0 aromatic carbocycles. The zero-order chi connectivity index (χ0) is 10.7. The first-order valence-electron chi connectivity index (χ1n) is 4.84. The van der Waals surface area contributed by atoms with Crippen LogP contribution in [0.3, 0.4) is 0 Å². The molecule has 2 heterocycles. The Balaban J connectivity index is 1.93. The maximum absolute atomic E-state index is 5.55. The highest BCUT2D eigenvalue weighted by Gasteiger charge is 2.01. The lowest BCUT2D eigenvalue weighted by molar-refractivity contribution is 0.301. The zero-order valence-corrected chi connectivity index (χ0v) is 9.62. The molecule has 0 unspecified atom stereocenters. The number of hydrogen-bond donors (Lipinski definition) is 0. The minimum Gasteiger partial charge on any atom is -0.484 e. The lowest BCUT2D eigenvalue weighted by atomic mass is 10.5. The summed E-state index contributed by atoms with van der Waals surface area (Å²) in [6.45, 7) is 5.41. The van der Waals surface area contributed by atoms with Gasteiger partial charge in [0, 0.05) is 11.9 Å². The first kappa shape index (κ1) is 10.2. The smallest absolute Gasteiger partial charge is 0.157 e. The van der Waals surface area contributed by atoms with Gasteiger partial charge in [-0.1, -0.05) is 0 Å². The number of rotatable bonds is 4. The Hall–Kier alpha value is -1.36. The maximum atomic E-state index is 5.55. The summed E-state index contributed by atoms with van der Waals surface area (Å²) in [5.41, 5.74) is 0.974. The van der Waals surface area contributed by atoms with Crippen LogP contribution < -0.4 is 4.74 Å². The fourth-order valence-corrected chi connectivity index (χ4v) is 1.82. The first-order valence-corrected chi connectivity index (χ1v) is 5.72. The van der Waals surface area contributed by atoms with Crippen LogP contribution in [0.5, 0.6) is 5.75 Å². The molecular weight excluding hydrogens is 210 g/mol. The second-order valence-electron chi connectivity index (χ2n) is 3.18. The van der Waals surface area contributed by atoms with Crippen LogP contribution >= 0.6 is 11.3 Å². The summed E-state index contributed by atoms with van der Waals surface area (Å²) in [4.78, 5) is 4.32. The van der Waals surface area contributed by atoms with E-state index in [0.29, 0.717) is 6.61 Å². The second kappa shape index (κ2) is 4.44. The van der Waals surface area contributed by atoms with Gasteiger partial charge in [-0.05, 0) is 13.8 Å². The molecular formula is C10H13N3OS. The van der Waals surface area contributed by atoms with Gasteiger partial charge >= 0.3 is 0 Å². The predicted octanol–water partition coefficient (Wildman–Crippen LogP) is 2.25. The van der Waals surface area contributed by atoms with E-state index in [1.54, 1.807) is 17.5 Å². The molecule has 0 N–H and O–H groups in total. The van der Waals surface area contributed by atoms with Crippen LogP contribution in [0.25, 0.3) is 0 Å². The topological polar surface area (TPSA) is 39.9 Å². The van der Waals surface area contributed by atoms with E-state index in [0.717, 1.165) is 23.0 Å². The Morgan fingerprint density at radius 3 is 3.00 bits per heavy atom. The van der Waals surface area contributed by atoms with Gasteiger partial charge in [-0.3, -0.25) is 4.68 Å². The Morgan fingerprint density at radius 2 is 2.40 bits per heavy atom. The van der Waals surface area contributed by atoms with Gasteiger partial charge in [0.25, 0.3) is 0 Å². The molecule has 0 bridgehead atoms. The molecule has 0 spiro atoms. The quantitative estimate of drug-likeness (QED) is 0.798. The van der Waals surface area contributed by atoms with Crippen LogP contribution in [-0.2, 0) is 13.2 Å². The van der Waals surface area contributed by atoms with Crippen molar-refractivity contribution in [3.8, 4) is 5.75 Å². The van der Waals surface area contributed by atoms with Crippen molar-refractivity contribution < 1.29 is 4.74 Å². The summed E-state index contributed by atoms with van der Waals surface area (Å²) >= 11 is 1.64. The summed E-state index contributed by atoms with van der Waals surface area (Å²) in [6.07, 6.45) is 3.61. The third-order valence-electron chi connectivity index (χ3n) is 1.99. The lowest BCUT2D eigenvalue weighted by Crippen LogP contribution is -1.95. The van der Waals surface area contributed by atoms with Gasteiger partial charge < -0.3 is 4.74 Å². The van der Waals surface area contributed by atoms with E-state index in [2.05, 4.69) is 10.1 Å². The standard InChI is InChI=1S/C10H13N3OS/c1-3-13-5-10(4-11-13)14-6-9-7-15-8(2)12-9/h4-5,7H,3,6H2,1-2H3. The maximum Gasteiger partial charge on any atom is 0.157 e. The number of aromatic nitrogens is 3. The van der Waals surface area contributed by atoms with Crippen LogP contribution in [-0.4, -0.2) is 14.8 Å². The molecule has 0 saturated heterocycles. The number of ether oxygens (including phenoxy) is 1. The normalized spacial score (nSPS) is 10.5. The largest absolute Gasteiger partial charge is 0.484 e. The number of hydrogen-bond acceptors (Lipinski definition) is 4. The van der Waals surface area contributed by atoms with Gasteiger partial charge in [0.05, 0.1) is 23.1 Å². The van der Waals surface area contributed by atoms with Gasteiger partial charge in [0.15, 0.2) is 5.75 Å². The van der Waals surface area contributed by atoms with Crippen molar-refractivity contribution >= 4 is 11.3 Å². The van der Waals surface area contributed by atoms with Crippen molar-refractivity contribution in [1.29, 1.82) is 0 Å². The molecule has 0 fully saturated rings. The summed E-state index contributed by atoms with van der Waals surface area (Å²) in [7, 11) is 0. The molecule has 0 saturated carbocycles. The van der Waals surface area contributed by atoms with Crippen LogP contribution in [0, 0.1) is 6.92 Å². The van der Waals surface area contributed by atoms with E-state index in [4.69, 9.17) is 4.74 Å². The van der Waals surface area contributed by atoms with Gasteiger partial charge in [0.2, 0.25) is 0 Å². The highest BCUT2D eigenvalue weighted by atomic mass is 32.1. The summed E-state index contributed by atoms with van der Waals surface area (Å²) in [6, 6.07) is 0. The highest BCUT2D eigenvalue weighted by molar-refractivity contribution is 7.09. The van der Waals surface area contributed by atoms with Crippen molar-refractivity contribution in [3.05, 3.63) is 28.5 Å². The predicted molar refractivity (Wildman–Crippen MR) is 59.1 cm³/mol. The van der Waals surface area contributed by atoms with Crippen LogP contribution in [0.15, 0.2) is 17.8 Å². The van der Waals surface area contributed by atoms with E-state index < -0.39 is 0 Å². The summed E-state index contributed by atoms with van der Waals surface area (Å²) in [5, 5.41) is 7.21. The fraction of sp³-hybridized carbons (Fsp3) is 0.400. The molecule has 15 heavy (non-hydrogen) atoms. The molecule has 2 aromatic rings. The Morgan fingerprint density at radius 1 is 1.53 bits per heavy atom. The average Bonchev–Trinajstić information content (AvgIpc) is 2.83. The van der Waals surface area contributed by atoms with Crippen molar-refractivity contribution in [2.75, 3.05) is 0 Å². The monoisotopic (exact) mass is 223 g/mol. The van der Waals surface area contributed by atoms with E-state index in [1.165, 1.54) is 0 Å². The fourth-order valence-electron chi connectivity index (χ4n) is 1.22. The van der Waals surface area contributed by atoms with Crippen molar-refractivity contribution in [1.82, 2.24) is 14.8 Å². The number of nitrogens with zero attached hydrogens (tertiary/aromatic N) is 3. The molecule has 0 amide bonds. The Bertz CT molecular complexity index is 435. The van der Waals surface area contributed by atoms with Crippen molar-refractivity contribution in [2.24, 2.45) is 0 Å². The molecule has 2 aromatic heterocycles. The molecule has 0 atom stereocenters. The number of aryl methyl sites for hydroxylation is 2. The SMILES string of the molecule is CCn1cc(OCc2csc(C)n2)cn1. The molecule has 0 aliphatic rings. The minimum atomic E-state index is 0.514. The van der Waals surface area contributed by atoms with Crippen LogP contribution in [0.4, 0.5) is 0 Å². The molecule has 2 rings (SSSR count). The molecule has 80 valence electrons. The average molecular weight is 223 g/mol. The molecule has 0 aliphatic carbocycles. The Labute approximate surface area is 92.5 Å². The third-order valence-corrected chi connectivity index (χ3v) is 2.81. The van der Waals surface area contributed by atoms with E-state index >= 15 is 0 Å². The first-order chi connectivity index (χ1) is 7.28. The molecule has 4 nitrogen and oxygen atoms in total. The van der Waals surface area contributed by atoms with Crippen molar-refractivity contribution in [3.63, 3.8) is 0 Å². The van der Waals surface area contributed by atoms with Gasteiger partial charge in [-0.2, -0.15) is 5.10 Å². The lowest BCUT2D eigenvalue weighted by Gasteiger charge is -1.99. The van der Waals surface area contributed by atoms with Gasteiger partial charge in [-0.25, -0.2) is 4.98 Å². The second-order valence-corrected chi connectivity index (χ2v) is 4.24. The highest BCUT2D eigenvalue weighted by Crippen LogP contribution is 2.13. The zero-order valence-electron chi connectivity index (χ0n) is 8.80.